The summed E-state index contributed by atoms with van der Waals surface area (Å²) in [5.41, 5.74) is 8.53. The molecule has 1 aliphatic carbocycles. The maximum Gasteiger partial charge on any atom is 0.320 e. The van der Waals surface area contributed by atoms with Gasteiger partial charge < -0.3 is 10.8 Å². The fourth-order valence-electron chi connectivity index (χ4n) is 3.71. The number of rotatable bonds is 4. The molecule has 1 atom stereocenters. The first-order valence-electron chi connectivity index (χ1n) is 8.35. The predicted octanol–water partition coefficient (Wildman–Crippen LogP) is 3.96. The average Bonchev–Trinajstić information content (AvgIpc) is 2.47. The average molecular weight is 303 g/mol. The van der Waals surface area contributed by atoms with E-state index in [1.54, 1.807) is 0 Å². The zero-order valence-corrected chi connectivity index (χ0v) is 14.0. The van der Waals surface area contributed by atoms with Gasteiger partial charge in [0.25, 0.3) is 0 Å². The molecule has 1 fully saturated rings. The van der Waals surface area contributed by atoms with Crippen LogP contribution < -0.4 is 5.73 Å². The topological polar surface area (TPSA) is 63.3 Å². The number of hydrogen-bond acceptors (Lipinski definition) is 2. The number of nitrogens with two attached hydrogens (primary N) is 1. The van der Waals surface area contributed by atoms with Crippen LogP contribution in [0.15, 0.2) is 24.3 Å². The molecule has 0 aliphatic heterocycles. The molecule has 1 aromatic rings. The van der Waals surface area contributed by atoms with Crippen molar-refractivity contribution in [3.05, 3.63) is 35.4 Å². The molecule has 0 saturated heterocycles. The molecule has 0 heterocycles. The van der Waals surface area contributed by atoms with Gasteiger partial charge >= 0.3 is 5.97 Å². The third kappa shape index (κ3) is 4.10. The van der Waals surface area contributed by atoms with Crippen LogP contribution >= 0.6 is 0 Å². The van der Waals surface area contributed by atoms with Crippen LogP contribution in [0.2, 0.25) is 0 Å². The first kappa shape index (κ1) is 17.0. The molecule has 0 spiro atoms. The molecule has 3 nitrogen and oxygen atoms in total. The molecule has 0 bridgehead atoms. The van der Waals surface area contributed by atoms with Crippen molar-refractivity contribution >= 4 is 5.97 Å². The predicted molar refractivity (Wildman–Crippen MR) is 89.9 cm³/mol. The molecule has 1 aliphatic rings. The smallest absolute Gasteiger partial charge is 0.320 e. The van der Waals surface area contributed by atoms with Crippen LogP contribution in [0.5, 0.6) is 0 Å². The summed E-state index contributed by atoms with van der Waals surface area (Å²) in [4.78, 5) is 11.0. The number of carboxylic acid groups (broad SMARTS) is 1. The second-order valence-corrected chi connectivity index (χ2v) is 7.76. The van der Waals surface area contributed by atoms with Crippen LogP contribution in [0.3, 0.4) is 0 Å². The lowest BCUT2D eigenvalue weighted by molar-refractivity contribution is -0.138. The minimum absolute atomic E-state index is 0.385. The monoisotopic (exact) mass is 303 g/mol. The lowest BCUT2D eigenvalue weighted by atomic mass is 9.68. The Labute approximate surface area is 133 Å². The fourth-order valence-corrected chi connectivity index (χ4v) is 3.71. The maximum atomic E-state index is 11.0. The highest BCUT2D eigenvalue weighted by atomic mass is 16.4. The second-order valence-electron chi connectivity index (χ2n) is 7.76. The van der Waals surface area contributed by atoms with Gasteiger partial charge in [-0.2, -0.15) is 0 Å². The molecule has 3 heteroatoms. The van der Waals surface area contributed by atoms with Crippen molar-refractivity contribution in [3.8, 4) is 0 Å². The SMILES string of the molecule is CC(C)(C)C1CCC(c2ccccc2CC(N)C(=O)O)CC1. The number of carbonyl (C=O) groups is 1. The largest absolute Gasteiger partial charge is 0.480 e. The molecule has 2 rings (SSSR count). The van der Waals surface area contributed by atoms with Gasteiger partial charge in [-0.05, 0) is 60.5 Å². The fraction of sp³-hybridized carbons (Fsp3) is 0.632. The highest BCUT2D eigenvalue weighted by molar-refractivity contribution is 5.73. The number of hydrogen-bond donors (Lipinski definition) is 2. The third-order valence-corrected chi connectivity index (χ3v) is 5.20. The second kappa shape index (κ2) is 6.82. The Hall–Kier alpha value is -1.35. The van der Waals surface area contributed by atoms with Crippen molar-refractivity contribution in [1.29, 1.82) is 0 Å². The summed E-state index contributed by atoms with van der Waals surface area (Å²) in [6.45, 7) is 6.99. The van der Waals surface area contributed by atoms with Crippen molar-refractivity contribution in [2.75, 3.05) is 0 Å². The minimum Gasteiger partial charge on any atom is -0.480 e. The van der Waals surface area contributed by atoms with Gasteiger partial charge in [0.1, 0.15) is 6.04 Å². The van der Waals surface area contributed by atoms with E-state index in [0.717, 1.165) is 11.5 Å². The highest BCUT2D eigenvalue weighted by Gasteiger charge is 2.31. The molecule has 0 amide bonds. The van der Waals surface area contributed by atoms with Gasteiger partial charge in [-0.3, -0.25) is 4.79 Å². The Bertz CT molecular complexity index is 510. The van der Waals surface area contributed by atoms with Gasteiger partial charge in [-0.1, -0.05) is 45.0 Å². The molecule has 0 aromatic heterocycles. The minimum atomic E-state index is -0.925. The normalized spacial score (nSPS) is 24.0. The molecular weight excluding hydrogens is 274 g/mol. The summed E-state index contributed by atoms with van der Waals surface area (Å²) in [5, 5.41) is 9.04. The highest BCUT2D eigenvalue weighted by Crippen LogP contribution is 2.43. The Morgan fingerprint density at radius 1 is 1.23 bits per heavy atom. The first-order valence-corrected chi connectivity index (χ1v) is 8.35. The van der Waals surface area contributed by atoms with E-state index < -0.39 is 12.0 Å². The van der Waals surface area contributed by atoms with Gasteiger partial charge in [-0.25, -0.2) is 0 Å². The van der Waals surface area contributed by atoms with Crippen molar-refractivity contribution < 1.29 is 9.90 Å². The molecule has 1 aromatic carbocycles. The summed E-state index contributed by atoms with van der Waals surface area (Å²) in [6, 6.07) is 7.42. The quantitative estimate of drug-likeness (QED) is 0.885. The van der Waals surface area contributed by atoms with Crippen LogP contribution in [-0.2, 0) is 11.2 Å². The zero-order valence-electron chi connectivity index (χ0n) is 14.0. The van der Waals surface area contributed by atoms with Gasteiger partial charge in [0.2, 0.25) is 0 Å². The van der Waals surface area contributed by atoms with Crippen LogP contribution in [0.4, 0.5) is 0 Å². The summed E-state index contributed by atoms with van der Waals surface area (Å²) < 4.78 is 0. The standard InChI is InChI=1S/C19H29NO2/c1-19(2,3)15-10-8-13(9-11-15)16-7-5-4-6-14(16)12-17(20)18(21)22/h4-7,13,15,17H,8-12,20H2,1-3H3,(H,21,22). The van der Waals surface area contributed by atoms with E-state index >= 15 is 0 Å². The van der Waals surface area contributed by atoms with E-state index in [1.165, 1.54) is 31.2 Å². The third-order valence-electron chi connectivity index (χ3n) is 5.20. The number of carboxylic acids is 1. The summed E-state index contributed by atoms with van der Waals surface area (Å²) >= 11 is 0. The Morgan fingerprint density at radius 3 is 2.36 bits per heavy atom. The lowest BCUT2D eigenvalue weighted by Crippen LogP contribution is -2.33. The summed E-state index contributed by atoms with van der Waals surface area (Å²) in [5.74, 6) is 0.416. The van der Waals surface area contributed by atoms with E-state index in [9.17, 15) is 4.79 Å². The van der Waals surface area contributed by atoms with Crippen molar-refractivity contribution in [3.63, 3.8) is 0 Å². The van der Waals surface area contributed by atoms with Gasteiger partial charge in [0, 0.05) is 0 Å². The van der Waals surface area contributed by atoms with E-state index in [-0.39, 0.29) is 0 Å². The summed E-state index contributed by atoms with van der Waals surface area (Å²) in [6.07, 6.45) is 5.33. The van der Waals surface area contributed by atoms with Crippen molar-refractivity contribution in [2.24, 2.45) is 17.1 Å². The Balaban J connectivity index is 2.09. The van der Waals surface area contributed by atoms with Crippen molar-refractivity contribution in [2.45, 2.75) is 64.8 Å². The lowest BCUT2D eigenvalue weighted by Gasteiger charge is -2.37. The molecule has 122 valence electrons. The Morgan fingerprint density at radius 2 is 1.82 bits per heavy atom. The maximum absolute atomic E-state index is 11.0. The van der Waals surface area contributed by atoms with E-state index in [2.05, 4.69) is 32.9 Å². The molecule has 1 saturated carbocycles. The van der Waals surface area contributed by atoms with Crippen LogP contribution in [0.1, 0.15) is 63.5 Å². The van der Waals surface area contributed by atoms with E-state index in [4.69, 9.17) is 10.8 Å². The van der Waals surface area contributed by atoms with Gasteiger partial charge in [0.05, 0.1) is 0 Å². The molecule has 3 N–H and O–H groups in total. The Kier molecular flexibility index (Phi) is 5.28. The molecular formula is C19H29NO2. The van der Waals surface area contributed by atoms with E-state index in [1.807, 2.05) is 12.1 Å². The zero-order chi connectivity index (χ0) is 16.3. The number of benzene rings is 1. The molecule has 22 heavy (non-hydrogen) atoms. The van der Waals surface area contributed by atoms with Crippen LogP contribution in [0.25, 0.3) is 0 Å². The van der Waals surface area contributed by atoms with Crippen molar-refractivity contribution in [1.82, 2.24) is 0 Å². The van der Waals surface area contributed by atoms with E-state index in [0.29, 0.717) is 17.8 Å². The van der Waals surface area contributed by atoms with Crippen LogP contribution in [-0.4, -0.2) is 17.1 Å². The number of aliphatic carboxylic acids is 1. The molecule has 0 radical (unpaired) electrons. The van der Waals surface area contributed by atoms with Gasteiger partial charge in [0.15, 0.2) is 0 Å². The first-order chi connectivity index (χ1) is 10.3. The summed E-state index contributed by atoms with van der Waals surface area (Å²) in [7, 11) is 0. The van der Waals surface area contributed by atoms with Gasteiger partial charge in [-0.15, -0.1) is 0 Å². The van der Waals surface area contributed by atoms with Crippen LogP contribution in [0, 0.1) is 11.3 Å². The molecule has 1 unspecified atom stereocenters.